The molecule has 4 saturated carbocycles. The minimum atomic E-state index is -0.507. The van der Waals surface area contributed by atoms with Gasteiger partial charge in [0.15, 0.2) is 0 Å². The average Bonchev–Trinajstić information content (AvgIpc) is 2.85. The summed E-state index contributed by atoms with van der Waals surface area (Å²) in [4.78, 5) is 0. The zero-order valence-electron chi connectivity index (χ0n) is 11.4. The lowest BCUT2D eigenvalue weighted by molar-refractivity contribution is -0.0317. The summed E-state index contributed by atoms with van der Waals surface area (Å²) in [6, 6.07) is 4.74. The van der Waals surface area contributed by atoms with E-state index in [-0.39, 0.29) is 0 Å². The van der Waals surface area contributed by atoms with Crippen LogP contribution in [0.5, 0.6) is 0 Å². The Bertz CT molecular complexity index is 439. The molecule has 0 amide bonds. The van der Waals surface area contributed by atoms with E-state index in [9.17, 15) is 5.11 Å². The van der Waals surface area contributed by atoms with Crippen LogP contribution in [0.4, 0.5) is 0 Å². The summed E-state index contributed by atoms with van der Waals surface area (Å²) in [7, 11) is 0. The number of hydrogen-bond acceptors (Lipinski definition) is 2. The summed E-state index contributed by atoms with van der Waals surface area (Å²) < 4.78 is 2.37. The lowest BCUT2D eigenvalue weighted by Crippen LogP contribution is -2.46. The van der Waals surface area contributed by atoms with Crippen LogP contribution >= 0.6 is 0 Å². The van der Waals surface area contributed by atoms with Crippen LogP contribution in [0.3, 0.4) is 0 Å². The summed E-state index contributed by atoms with van der Waals surface area (Å²) in [6.07, 6.45) is 8.79. The predicted molar refractivity (Wildman–Crippen MR) is 74.5 cm³/mol. The van der Waals surface area contributed by atoms with Gasteiger partial charge in [-0.1, -0.05) is 0 Å². The molecule has 4 aliphatic rings. The van der Waals surface area contributed by atoms with Crippen molar-refractivity contribution < 1.29 is 5.11 Å². The van der Waals surface area contributed by atoms with E-state index in [1.165, 1.54) is 32.1 Å². The van der Waals surface area contributed by atoms with E-state index in [2.05, 4.69) is 16.8 Å². The largest absolute Gasteiger partial charge is 0.386 e. The average molecular weight is 260 g/mol. The van der Waals surface area contributed by atoms with Crippen molar-refractivity contribution in [3.05, 3.63) is 24.0 Å². The quantitative estimate of drug-likeness (QED) is 0.877. The molecule has 1 unspecified atom stereocenters. The highest BCUT2D eigenvalue weighted by molar-refractivity contribution is 5.15. The molecule has 4 bridgehead atoms. The number of hydrogen-bond donors (Lipinski definition) is 2. The Morgan fingerprint density at radius 2 is 1.79 bits per heavy atom. The molecule has 3 heteroatoms. The number of nitrogens with zero attached hydrogens (tertiary/aromatic N) is 1. The molecule has 4 aliphatic carbocycles. The molecule has 0 aliphatic heterocycles. The Morgan fingerprint density at radius 3 is 2.37 bits per heavy atom. The maximum absolute atomic E-state index is 10.1. The summed E-state index contributed by atoms with van der Waals surface area (Å²) in [5.41, 5.74) is 6.67. The third kappa shape index (κ3) is 1.78. The van der Waals surface area contributed by atoms with Gasteiger partial charge in [-0.05, 0) is 67.9 Å². The summed E-state index contributed by atoms with van der Waals surface area (Å²) in [5, 5.41) is 10.1. The first-order valence-electron chi connectivity index (χ1n) is 7.81. The number of rotatable bonds is 3. The van der Waals surface area contributed by atoms with Gasteiger partial charge in [0.25, 0.3) is 0 Å². The Balaban J connectivity index is 1.67. The number of aliphatic hydroxyl groups excluding tert-OH is 1. The van der Waals surface area contributed by atoms with Gasteiger partial charge >= 0.3 is 0 Å². The maximum atomic E-state index is 10.1. The molecule has 3 N–H and O–H groups in total. The first-order chi connectivity index (χ1) is 9.26. The molecule has 3 nitrogen and oxygen atoms in total. The topological polar surface area (TPSA) is 51.2 Å². The smallest absolute Gasteiger partial charge is 0.106 e. The van der Waals surface area contributed by atoms with Crippen molar-refractivity contribution in [2.24, 2.45) is 29.4 Å². The summed E-state index contributed by atoms with van der Waals surface area (Å²) >= 11 is 0. The van der Waals surface area contributed by atoms with Gasteiger partial charge in [0.05, 0.1) is 0 Å². The molecular formula is C16H24N2O. The molecule has 19 heavy (non-hydrogen) atoms. The highest BCUT2D eigenvalue weighted by atomic mass is 16.3. The van der Waals surface area contributed by atoms with Crippen molar-refractivity contribution in [3.63, 3.8) is 0 Å². The van der Waals surface area contributed by atoms with Gasteiger partial charge in [-0.2, -0.15) is 0 Å². The molecule has 4 fully saturated rings. The van der Waals surface area contributed by atoms with Crippen LogP contribution in [0.15, 0.2) is 18.3 Å². The molecule has 1 aromatic heterocycles. The standard InChI is InChI=1S/C16H24N2O/c17-9-15(19)14-2-1-3-18(14)16-12-5-10-4-11(7-12)8-13(16)6-10/h1-3,10-13,15-16,19H,4-9,17H2. The minimum Gasteiger partial charge on any atom is -0.386 e. The second-order valence-corrected chi connectivity index (χ2v) is 7.01. The van der Waals surface area contributed by atoms with Crippen LogP contribution in [0.1, 0.15) is 49.9 Å². The van der Waals surface area contributed by atoms with Crippen molar-refractivity contribution >= 4 is 0 Å². The highest BCUT2D eigenvalue weighted by Crippen LogP contribution is 2.58. The minimum absolute atomic E-state index is 0.317. The Morgan fingerprint density at radius 1 is 1.16 bits per heavy atom. The van der Waals surface area contributed by atoms with E-state index < -0.39 is 6.10 Å². The molecule has 1 atom stereocenters. The van der Waals surface area contributed by atoms with Gasteiger partial charge < -0.3 is 15.4 Å². The fourth-order valence-corrected chi connectivity index (χ4v) is 5.43. The molecule has 0 saturated heterocycles. The molecule has 1 aromatic rings. The number of aromatic nitrogens is 1. The summed E-state index contributed by atoms with van der Waals surface area (Å²) in [5.74, 6) is 3.68. The fraction of sp³-hybridized carbons (Fsp3) is 0.750. The molecule has 0 aromatic carbocycles. The predicted octanol–water partition coefficient (Wildman–Crippen LogP) is 2.48. The van der Waals surface area contributed by atoms with E-state index in [0.29, 0.717) is 12.6 Å². The van der Waals surface area contributed by atoms with Crippen LogP contribution in [-0.2, 0) is 0 Å². The molecule has 5 rings (SSSR count). The van der Waals surface area contributed by atoms with Gasteiger partial charge in [0.2, 0.25) is 0 Å². The van der Waals surface area contributed by atoms with E-state index in [1.54, 1.807) is 0 Å². The SMILES string of the molecule is NCC(O)c1cccn1C1C2CC3CC(C2)CC1C3. The fourth-order valence-electron chi connectivity index (χ4n) is 5.43. The zero-order valence-corrected chi connectivity index (χ0v) is 11.4. The zero-order chi connectivity index (χ0) is 13.0. The van der Waals surface area contributed by atoms with E-state index in [1.807, 2.05) is 6.07 Å². The summed E-state index contributed by atoms with van der Waals surface area (Å²) in [6.45, 7) is 0.317. The van der Waals surface area contributed by atoms with Gasteiger partial charge in [-0.25, -0.2) is 0 Å². The van der Waals surface area contributed by atoms with Crippen LogP contribution in [0.2, 0.25) is 0 Å². The second kappa shape index (κ2) is 4.35. The Kier molecular flexibility index (Phi) is 2.75. The van der Waals surface area contributed by atoms with Crippen molar-refractivity contribution in [2.45, 2.75) is 44.2 Å². The lowest BCUT2D eigenvalue weighted by Gasteiger charge is -2.55. The van der Waals surface area contributed by atoms with E-state index >= 15 is 0 Å². The van der Waals surface area contributed by atoms with Crippen molar-refractivity contribution in [2.75, 3.05) is 6.54 Å². The van der Waals surface area contributed by atoms with Crippen molar-refractivity contribution in [1.29, 1.82) is 0 Å². The van der Waals surface area contributed by atoms with Crippen LogP contribution in [-0.4, -0.2) is 16.2 Å². The van der Waals surface area contributed by atoms with Gasteiger partial charge in [0, 0.05) is 24.5 Å². The van der Waals surface area contributed by atoms with E-state index in [4.69, 9.17) is 5.73 Å². The number of nitrogens with two attached hydrogens (primary N) is 1. The number of aliphatic hydroxyl groups is 1. The van der Waals surface area contributed by atoms with Crippen molar-refractivity contribution in [3.8, 4) is 0 Å². The van der Waals surface area contributed by atoms with Crippen LogP contribution in [0, 0.1) is 23.7 Å². The van der Waals surface area contributed by atoms with E-state index in [0.717, 1.165) is 29.4 Å². The second-order valence-electron chi connectivity index (χ2n) is 7.01. The molecule has 0 spiro atoms. The monoisotopic (exact) mass is 260 g/mol. The molecule has 0 radical (unpaired) electrons. The first kappa shape index (κ1) is 12.0. The van der Waals surface area contributed by atoms with Gasteiger partial charge in [0.1, 0.15) is 6.10 Å². The molecule has 1 heterocycles. The third-order valence-corrected chi connectivity index (χ3v) is 5.87. The molecular weight excluding hydrogens is 236 g/mol. The Hall–Kier alpha value is -0.800. The maximum Gasteiger partial charge on any atom is 0.106 e. The lowest BCUT2D eigenvalue weighted by atomic mass is 9.54. The normalized spacial score (nSPS) is 41.7. The Labute approximate surface area is 114 Å². The third-order valence-electron chi connectivity index (χ3n) is 5.87. The van der Waals surface area contributed by atoms with Gasteiger partial charge in [-0.3, -0.25) is 0 Å². The highest BCUT2D eigenvalue weighted by Gasteiger charge is 2.49. The van der Waals surface area contributed by atoms with Crippen LogP contribution in [0.25, 0.3) is 0 Å². The van der Waals surface area contributed by atoms with Crippen LogP contribution < -0.4 is 5.73 Å². The first-order valence-corrected chi connectivity index (χ1v) is 7.81. The molecule has 104 valence electrons. The van der Waals surface area contributed by atoms with Gasteiger partial charge in [-0.15, -0.1) is 0 Å². The van der Waals surface area contributed by atoms with Crippen molar-refractivity contribution in [1.82, 2.24) is 4.57 Å².